The summed E-state index contributed by atoms with van der Waals surface area (Å²) in [5, 5.41) is 5.68. The van der Waals surface area contributed by atoms with Crippen LogP contribution in [0.15, 0.2) is 24.3 Å². The molecule has 0 heterocycles. The quantitative estimate of drug-likeness (QED) is 0.771. The van der Waals surface area contributed by atoms with Crippen molar-refractivity contribution >= 4 is 21.7 Å². The normalized spacial score (nSPS) is 16.3. The smallest absolute Gasteiger partial charge is 0.315 e. The monoisotopic (exact) mass is 297 g/mol. The Labute approximate surface area is 119 Å². The molecule has 2 amide bonds. The molecule has 0 radical (unpaired) electrons. The Hall–Kier alpha value is -1.76. The zero-order chi connectivity index (χ0) is 14.8. The summed E-state index contributed by atoms with van der Waals surface area (Å²) >= 11 is 0. The van der Waals surface area contributed by atoms with Crippen LogP contribution in [0.2, 0.25) is 0 Å². The summed E-state index contributed by atoms with van der Waals surface area (Å²) in [7, 11) is -3.30. The minimum Gasteiger partial charge on any atom is -0.335 e. The molecule has 20 heavy (non-hydrogen) atoms. The van der Waals surface area contributed by atoms with Crippen molar-refractivity contribution in [1.82, 2.24) is 10.6 Å². The van der Waals surface area contributed by atoms with E-state index >= 15 is 0 Å². The van der Waals surface area contributed by atoms with E-state index in [0.717, 1.165) is 24.7 Å². The Kier molecular flexibility index (Phi) is 4.17. The van der Waals surface area contributed by atoms with E-state index in [1.807, 2.05) is 13.0 Å². The van der Waals surface area contributed by atoms with Crippen LogP contribution >= 0.6 is 0 Å². The SMILES string of the molecule is C[C@@H](NC(=O)NC1CC1)c1cccc(NS(C)(=O)=O)c1. The topological polar surface area (TPSA) is 87.3 Å². The number of amides is 2. The van der Waals surface area contributed by atoms with Crippen LogP contribution in [-0.4, -0.2) is 26.7 Å². The number of anilines is 1. The highest BCUT2D eigenvalue weighted by molar-refractivity contribution is 7.92. The van der Waals surface area contributed by atoms with Gasteiger partial charge in [0.25, 0.3) is 0 Å². The third-order valence-electron chi connectivity index (χ3n) is 2.95. The van der Waals surface area contributed by atoms with E-state index in [-0.39, 0.29) is 12.1 Å². The van der Waals surface area contributed by atoms with Crippen LogP contribution in [0.1, 0.15) is 31.4 Å². The molecule has 1 atom stereocenters. The van der Waals surface area contributed by atoms with Crippen LogP contribution in [-0.2, 0) is 10.0 Å². The first-order valence-corrected chi connectivity index (χ1v) is 8.37. The second-order valence-corrected chi connectivity index (χ2v) is 6.86. The second-order valence-electron chi connectivity index (χ2n) is 5.11. The predicted molar refractivity (Wildman–Crippen MR) is 78.0 cm³/mol. The van der Waals surface area contributed by atoms with Gasteiger partial charge in [-0.2, -0.15) is 0 Å². The van der Waals surface area contributed by atoms with Gasteiger partial charge in [-0.05, 0) is 37.5 Å². The third-order valence-corrected chi connectivity index (χ3v) is 3.56. The minimum absolute atomic E-state index is 0.193. The van der Waals surface area contributed by atoms with Gasteiger partial charge in [-0.15, -0.1) is 0 Å². The Bertz CT molecular complexity index is 597. The molecule has 1 aliphatic rings. The van der Waals surface area contributed by atoms with E-state index in [2.05, 4.69) is 15.4 Å². The number of carbonyl (C=O) groups is 1. The lowest BCUT2D eigenvalue weighted by atomic mass is 10.1. The lowest BCUT2D eigenvalue weighted by Crippen LogP contribution is -2.38. The Morgan fingerprint density at radius 1 is 1.35 bits per heavy atom. The van der Waals surface area contributed by atoms with Crippen LogP contribution in [0.25, 0.3) is 0 Å². The van der Waals surface area contributed by atoms with Crippen LogP contribution in [0, 0.1) is 0 Å². The maximum atomic E-state index is 11.7. The van der Waals surface area contributed by atoms with Crippen molar-refractivity contribution in [3.8, 4) is 0 Å². The lowest BCUT2D eigenvalue weighted by Gasteiger charge is -2.16. The van der Waals surface area contributed by atoms with Gasteiger partial charge in [0.2, 0.25) is 10.0 Å². The number of benzene rings is 1. The molecule has 0 saturated heterocycles. The summed E-state index contributed by atoms with van der Waals surface area (Å²) < 4.78 is 24.8. The Morgan fingerprint density at radius 3 is 2.65 bits per heavy atom. The molecular formula is C13H19N3O3S. The molecule has 1 aromatic rings. The number of nitrogens with one attached hydrogen (secondary N) is 3. The number of carbonyl (C=O) groups excluding carboxylic acids is 1. The Balaban J connectivity index is 1.99. The van der Waals surface area contributed by atoms with Crippen molar-refractivity contribution in [3.05, 3.63) is 29.8 Å². The molecule has 0 spiro atoms. The molecule has 0 aromatic heterocycles. The number of sulfonamides is 1. The zero-order valence-corrected chi connectivity index (χ0v) is 12.3. The van der Waals surface area contributed by atoms with Gasteiger partial charge < -0.3 is 10.6 Å². The summed E-state index contributed by atoms with van der Waals surface area (Å²) in [6, 6.07) is 6.89. The van der Waals surface area contributed by atoms with E-state index in [9.17, 15) is 13.2 Å². The van der Waals surface area contributed by atoms with Crippen LogP contribution < -0.4 is 15.4 Å². The van der Waals surface area contributed by atoms with Gasteiger partial charge in [0.05, 0.1) is 12.3 Å². The molecule has 3 N–H and O–H groups in total. The maximum Gasteiger partial charge on any atom is 0.315 e. The fourth-order valence-electron chi connectivity index (χ4n) is 1.82. The lowest BCUT2D eigenvalue weighted by molar-refractivity contribution is 0.237. The highest BCUT2D eigenvalue weighted by Gasteiger charge is 2.23. The standard InChI is InChI=1S/C13H19N3O3S/c1-9(14-13(17)15-11-6-7-11)10-4-3-5-12(8-10)16-20(2,18)19/h3-5,8-9,11,16H,6-7H2,1-2H3,(H2,14,15,17)/t9-/m1/s1. The fourth-order valence-corrected chi connectivity index (χ4v) is 2.38. The van der Waals surface area contributed by atoms with E-state index in [0.29, 0.717) is 11.7 Å². The first-order valence-electron chi connectivity index (χ1n) is 6.48. The molecule has 6 nitrogen and oxygen atoms in total. The summed E-state index contributed by atoms with van der Waals surface area (Å²) in [5.74, 6) is 0. The van der Waals surface area contributed by atoms with E-state index in [1.54, 1.807) is 18.2 Å². The number of urea groups is 1. The molecule has 110 valence electrons. The summed E-state index contributed by atoms with van der Waals surface area (Å²) in [6.07, 6.45) is 3.18. The summed E-state index contributed by atoms with van der Waals surface area (Å²) in [4.78, 5) is 11.7. The first-order chi connectivity index (χ1) is 9.33. The number of hydrogen-bond acceptors (Lipinski definition) is 3. The number of hydrogen-bond donors (Lipinski definition) is 3. The third kappa shape index (κ3) is 4.73. The minimum atomic E-state index is -3.30. The van der Waals surface area contributed by atoms with Crippen LogP contribution in [0.3, 0.4) is 0 Å². The zero-order valence-electron chi connectivity index (χ0n) is 11.5. The van der Waals surface area contributed by atoms with Gasteiger partial charge in [0.1, 0.15) is 0 Å². The summed E-state index contributed by atoms with van der Waals surface area (Å²) in [5.41, 5.74) is 1.32. The van der Waals surface area contributed by atoms with Crippen molar-refractivity contribution < 1.29 is 13.2 Å². The average molecular weight is 297 g/mol. The van der Waals surface area contributed by atoms with Gasteiger partial charge in [-0.25, -0.2) is 13.2 Å². The second kappa shape index (κ2) is 5.70. The first kappa shape index (κ1) is 14.6. The molecular weight excluding hydrogens is 278 g/mol. The molecule has 7 heteroatoms. The van der Waals surface area contributed by atoms with Gasteiger partial charge in [-0.1, -0.05) is 12.1 Å². The van der Waals surface area contributed by atoms with Gasteiger partial charge >= 0.3 is 6.03 Å². The average Bonchev–Trinajstić information content (AvgIpc) is 3.10. The van der Waals surface area contributed by atoms with Crippen molar-refractivity contribution in [2.45, 2.75) is 31.8 Å². The fraction of sp³-hybridized carbons (Fsp3) is 0.462. The van der Waals surface area contributed by atoms with Crippen LogP contribution in [0.4, 0.5) is 10.5 Å². The number of rotatable bonds is 5. The van der Waals surface area contributed by atoms with Gasteiger partial charge in [0, 0.05) is 11.7 Å². The Morgan fingerprint density at radius 2 is 2.05 bits per heavy atom. The molecule has 0 aliphatic heterocycles. The molecule has 1 saturated carbocycles. The van der Waals surface area contributed by atoms with Crippen molar-refractivity contribution in [1.29, 1.82) is 0 Å². The van der Waals surface area contributed by atoms with Gasteiger partial charge in [-0.3, -0.25) is 4.72 Å². The molecule has 2 rings (SSSR count). The molecule has 1 fully saturated rings. The van der Waals surface area contributed by atoms with Crippen molar-refractivity contribution in [2.24, 2.45) is 0 Å². The predicted octanol–water partition coefficient (Wildman–Crippen LogP) is 1.58. The summed E-state index contributed by atoms with van der Waals surface area (Å²) in [6.45, 7) is 1.85. The van der Waals surface area contributed by atoms with E-state index in [1.165, 1.54) is 0 Å². The van der Waals surface area contributed by atoms with E-state index < -0.39 is 10.0 Å². The van der Waals surface area contributed by atoms with Gasteiger partial charge in [0.15, 0.2) is 0 Å². The molecule has 0 unspecified atom stereocenters. The molecule has 1 aromatic carbocycles. The highest BCUT2D eigenvalue weighted by atomic mass is 32.2. The van der Waals surface area contributed by atoms with Crippen LogP contribution in [0.5, 0.6) is 0 Å². The maximum absolute atomic E-state index is 11.7. The molecule has 1 aliphatic carbocycles. The largest absolute Gasteiger partial charge is 0.335 e. The van der Waals surface area contributed by atoms with Crippen molar-refractivity contribution in [2.75, 3.05) is 11.0 Å². The van der Waals surface area contributed by atoms with Crippen molar-refractivity contribution in [3.63, 3.8) is 0 Å². The molecule has 0 bridgehead atoms. The van der Waals surface area contributed by atoms with E-state index in [4.69, 9.17) is 0 Å². The highest BCUT2D eigenvalue weighted by Crippen LogP contribution is 2.20.